The second-order valence-corrected chi connectivity index (χ2v) is 4.57. The van der Waals surface area contributed by atoms with Crippen LogP contribution in [0.25, 0.3) is 0 Å². The summed E-state index contributed by atoms with van der Waals surface area (Å²) in [6.45, 7) is 8.09. The number of ether oxygens (including phenoxy) is 2. The Morgan fingerprint density at radius 3 is 2.26 bits per heavy atom. The molecule has 1 rings (SSSR count). The van der Waals surface area contributed by atoms with Crippen LogP contribution < -0.4 is 10.6 Å². The first-order valence-corrected chi connectivity index (χ1v) is 7.16. The van der Waals surface area contributed by atoms with Crippen LogP contribution in [0.3, 0.4) is 0 Å². The van der Waals surface area contributed by atoms with Gasteiger partial charge in [0.2, 0.25) is 0 Å². The third-order valence-electron chi connectivity index (χ3n) is 2.52. The molecule has 0 radical (unpaired) electrons. The maximum absolute atomic E-state index is 5.78. The topological polar surface area (TPSA) is 73.5 Å². The van der Waals surface area contributed by atoms with E-state index in [2.05, 4.69) is 30.8 Å². The SMILES string of the molecule is CCOCCN(CCOCC)c1ncnc(N)c1Br. The van der Waals surface area contributed by atoms with Crippen molar-refractivity contribution < 1.29 is 9.47 Å². The lowest BCUT2D eigenvalue weighted by molar-refractivity contribution is 0.141. The first-order chi connectivity index (χ1) is 9.20. The van der Waals surface area contributed by atoms with Crippen LogP contribution in [-0.2, 0) is 9.47 Å². The van der Waals surface area contributed by atoms with Crippen molar-refractivity contribution in [2.45, 2.75) is 13.8 Å². The highest BCUT2D eigenvalue weighted by atomic mass is 79.9. The van der Waals surface area contributed by atoms with Crippen LogP contribution in [0.5, 0.6) is 0 Å². The highest BCUT2D eigenvalue weighted by Crippen LogP contribution is 2.27. The summed E-state index contributed by atoms with van der Waals surface area (Å²) in [5, 5.41) is 0. The Balaban J connectivity index is 2.72. The molecule has 0 saturated heterocycles. The lowest BCUT2D eigenvalue weighted by Crippen LogP contribution is -2.32. The molecule has 108 valence electrons. The lowest BCUT2D eigenvalue weighted by atomic mass is 10.4. The van der Waals surface area contributed by atoms with Crippen LogP contribution in [0.1, 0.15) is 13.8 Å². The van der Waals surface area contributed by atoms with Gasteiger partial charge in [-0.15, -0.1) is 0 Å². The average Bonchev–Trinajstić information content (AvgIpc) is 2.41. The molecule has 0 aliphatic heterocycles. The molecule has 1 aromatic rings. The van der Waals surface area contributed by atoms with Crippen LogP contribution in [0.15, 0.2) is 10.8 Å². The van der Waals surface area contributed by atoms with Crippen molar-refractivity contribution in [1.29, 1.82) is 0 Å². The van der Waals surface area contributed by atoms with Gasteiger partial charge in [0.25, 0.3) is 0 Å². The van der Waals surface area contributed by atoms with Crippen molar-refractivity contribution in [3.05, 3.63) is 10.8 Å². The predicted octanol–water partition coefficient (Wildman–Crippen LogP) is 1.70. The Bertz CT molecular complexity index is 369. The number of nitrogen functional groups attached to an aromatic ring is 1. The van der Waals surface area contributed by atoms with E-state index < -0.39 is 0 Å². The van der Waals surface area contributed by atoms with Crippen LogP contribution in [0, 0.1) is 0 Å². The van der Waals surface area contributed by atoms with E-state index >= 15 is 0 Å². The Morgan fingerprint density at radius 2 is 1.74 bits per heavy atom. The van der Waals surface area contributed by atoms with E-state index in [0.29, 0.717) is 36.7 Å². The number of aromatic nitrogens is 2. The van der Waals surface area contributed by atoms with Crippen LogP contribution in [0.2, 0.25) is 0 Å². The molecule has 0 aromatic carbocycles. The minimum Gasteiger partial charge on any atom is -0.383 e. The molecule has 0 aliphatic carbocycles. The summed E-state index contributed by atoms with van der Waals surface area (Å²) in [4.78, 5) is 10.3. The molecule has 19 heavy (non-hydrogen) atoms. The Labute approximate surface area is 122 Å². The van der Waals surface area contributed by atoms with Crippen molar-refractivity contribution in [2.24, 2.45) is 0 Å². The quantitative estimate of drug-likeness (QED) is 0.694. The first kappa shape index (κ1) is 16.1. The fourth-order valence-electron chi connectivity index (χ4n) is 1.56. The standard InChI is InChI=1S/C12H21BrN4O2/c1-3-18-7-5-17(6-8-19-4-2)12-10(13)11(14)15-9-16-12/h9H,3-8H2,1-2H3,(H2,14,15,16). The average molecular weight is 333 g/mol. The highest BCUT2D eigenvalue weighted by molar-refractivity contribution is 9.10. The Kier molecular flexibility index (Phi) is 7.69. The number of rotatable bonds is 9. The zero-order chi connectivity index (χ0) is 14.1. The van der Waals surface area contributed by atoms with Gasteiger partial charge in [-0.1, -0.05) is 0 Å². The van der Waals surface area contributed by atoms with Gasteiger partial charge in [0.15, 0.2) is 0 Å². The molecular weight excluding hydrogens is 312 g/mol. The minimum absolute atomic E-state index is 0.433. The molecule has 1 heterocycles. The van der Waals surface area contributed by atoms with Gasteiger partial charge >= 0.3 is 0 Å². The summed E-state index contributed by atoms with van der Waals surface area (Å²) < 4.78 is 11.5. The largest absolute Gasteiger partial charge is 0.383 e. The summed E-state index contributed by atoms with van der Waals surface area (Å²) in [5.74, 6) is 1.20. The smallest absolute Gasteiger partial charge is 0.148 e. The van der Waals surface area contributed by atoms with Crippen molar-refractivity contribution >= 4 is 27.6 Å². The molecule has 0 spiro atoms. The monoisotopic (exact) mass is 332 g/mol. The highest BCUT2D eigenvalue weighted by Gasteiger charge is 2.14. The lowest BCUT2D eigenvalue weighted by Gasteiger charge is -2.24. The van der Waals surface area contributed by atoms with Gasteiger partial charge in [0.1, 0.15) is 22.4 Å². The summed E-state index contributed by atoms with van der Waals surface area (Å²) in [6, 6.07) is 0. The molecule has 1 aromatic heterocycles. The van der Waals surface area contributed by atoms with Gasteiger partial charge in [-0.2, -0.15) is 0 Å². The third-order valence-corrected chi connectivity index (χ3v) is 3.28. The molecule has 0 aliphatic rings. The van der Waals surface area contributed by atoms with Crippen LogP contribution in [0.4, 0.5) is 11.6 Å². The number of nitrogens with zero attached hydrogens (tertiary/aromatic N) is 3. The fourth-order valence-corrected chi connectivity index (χ4v) is 2.01. The minimum atomic E-state index is 0.433. The fraction of sp³-hybridized carbons (Fsp3) is 0.667. The normalized spacial score (nSPS) is 10.7. The summed E-state index contributed by atoms with van der Waals surface area (Å²) >= 11 is 3.43. The van der Waals surface area contributed by atoms with Crippen molar-refractivity contribution in [3.63, 3.8) is 0 Å². The molecular formula is C12H21BrN4O2. The molecule has 2 N–H and O–H groups in total. The van der Waals surface area contributed by atoms with Gasteiger partial charge in [-0.3, -0.25) is 0 Å². The van der Waals surface area contributed by atoms with E-state index in [0.717, 1.165) is 18.9 Å². The molecule has 0 atom stereocenters. The third kappa shape index (κ3) is 5.30. The summed E-state index contributed by atoms with van der Waals surface area (Å²) in [5.41, 5.74) is 5.78. The van der Waals surface area contributed by atoms with E-state index in [1.165, 1.54) is 6.33 Å². The van der Waals surface area contributed by atoms with Crippen LogP contribution >= 0.6 is 15.9 Å². The Hall–Kier alpha value is -0.920. The van der Waals surface area contributed by atoms with Crippen LogP contribution in [-0.4, -0.2) is 49.5 Å². The zero-order valence-electron chi connectivity index (χ0n) is 11.4. The van der Waals surface area contributed by atoms with Crippen molar-refractivity contribution in [2.75, 3.05) is 50.2 Å². The first-order valence-electron chi connectivity index (χ1n) is 6.37. The van der Waals surface area contributed by atoms with E-state index in [-0.39, 0.29) is 0 Å². The summed E-state index contributed by atoms with van der Waals surface area (Å²) in [7, 11) is 0. The second-order valence-electron chi connectivity index (χ2n) is 3.78. The van der Waals surface area contributed by atoms with Crippen molar-refractivity contribution in [3.8, 4) is 0 Å². The van der Waals surface area contributed by atoms with E-state index in [1.807, 2.05) is 13.8 Å². The second kappa shape index (κ2) is 9.06. The predicted molar refractivity (Wildman–Crippen MR) is 79.3 cm³/mol. The maximum Gasteiger partial charge on any atom is 0.148 e. The molecule has 0 fully saturated rings. The Morgan fingerprint density at radius 1 is 1.16 bits per heavy atom. The number of halogens is 1. The molecule has 0 unspecified atom stereocenters. The van der Waals surface area contributed by atoms with Gasteiger partial charge < -0.3 is 20.1 Å². The van der Waals surface area contributed by atoms with Crippen molar-refractivity contribution in [1.82, 2.24) is 9.97 Å². The maximum atomic E-state index is 5.78. The number of anilines is 2. The summed E-state index contributed by atoms with van der Waals surface area (Å²) in [6.07, 6.45) is 1.46. The molecule has 0 amide bonds. The van der Waals surface area contributed by atoms with Gasteiger partial charge in [-0.05, 0) is 29.8 Å². The number of hydrogen-bond donors (Lipinski definition) is 1. The van der Waals surface area contributed by atoms with Gasteiger partial charge in [0, 0.05) is 26.3 Å². The number of hydrogen-bond acceptors (Lipinski definition) is 6. The van der Waals surface area contributed by atoms with E-state index in [9.17, 15) is 0 Å². The zero-order valence-corrected chi connectivity index (χ0v) is 13.0. The van der Waals surface area contributed by atoms with E-state index in [4.69, 9.17) is 15.2 Å². The van der Waals surface area contributed by atoms with Gasteiger partial charge in [-0.25, -0.2) is 9.97 Å². The van der Waals surface area contributed by atoms with Gasteiger partial charge in [0.05, 0.1) is 13.2 Å². The molecule has 6 nitrogen and oxygen atoms in total. The molecule has 0 bridgehead atoms. The molecule has 7 heteroatoms. The molecule has 0 saturated carbocycles. The number of nitrogens with two attached hydrogens (primary N) is 1. The van der Waals surface area contributed by atoms with E-state index in [1.54, 1.807) is 0 Å².